The minimum absolute atomic E-state index is 0.0338. The van der Waals surface area contributed by atoms with Crippen LogP contribution >= 0.6 is 23.5 Å². The van der Waals surface area contributed by atoms with Gasteiger partial charge in [0.2, 0.25) is 0 Å². The molecule has 104 valence electrons. The fraction of sp³-hybridized carbons (Fsp3) is 0.273. The van der Waals surface area contributed by atoms with Crippen molar-refractivity contribution >= 4 is 46.8 Å². The van der Waals surface area contributed by atoms with Crippen molar-refractivity contribution in [3.05, 3.63) is 12.1 Å². The third-order valence-corrected chi connectivity index (χ3v) is 4.20. The van der Waals surface area contributed by atoms with E-state index < -0.39 is 11.9 Å². The molecule has 8 heteroatoms. The lowest BCUT2D eigenvalue weighted by atomic mass is 10.3. The van der Waals surface area contributed by atoms with Gasteiger partial charge in [-0.15, -0.1) is 23.5 Å². The van der Waals surface area contributed by atoms with E-state index in [2.05, 4.69) is 0 Å². The Hall–Kier alpha value is -1.54. The number of nitrogen functional groups attached to an aromatic ring is 2. The van der Waals surface area contributed by atoms with Crippen LogP contribution in [0.1, 0.15) is 6.42 Å². The highest BCUT2D eigenvalue weighted by Crippen LogP contribution is 2.34. The molecular formula is C11H14N2O4S2. The summed E-state index contributed by atoms with van der Waals surface area (Å²) in [4.78, 5) is 22.3. The van der Waals surface area contributed by atoms with E-state index >= 15 is 0 Å². The Morgan fingerprint density at radius 2 is 1.58 bits per heavy atom. The highest BCUT2D eigenvalue weighted by atomic mass is 32.2. The number of hydrogen-bond donors (Lipinski definition) is 4. The zero-order valence-corrected chi connectivity index (χ0v) is 11.6. The first-order valence-corrected chi connectivity index (χ1v) is 7.25. The topological polar surface area (TPSA) is 127 Å². The summed E-state index contributed by atoms with van der Waals surface area (Å²) in [5, 5.41) is 17.2. The Morgan fingerprint density at radius 3 is 2.11 bits per heavy atom. The van der Waals surface area contributed by atoms with E-state index in [0.717, 1.165) is 11.8 Å². The molecule has 0 atom stereocenters. The van der Waals surface area contributed by atoms with Crippen molar-refractivity contribution in [1.82, 2.24) is 0 Å². The van der Waals surface area contributed by atoms with Crippen LogP contribution in [0.15, 0.2) is 21.9 Å². The maximum absolute atomic E-state index is 10.5. The number of hydrogen-bond acceptors (Lipinski definition) is 6. The fourth-order valence-electron chi connectivity index (χ4n) is 1.23. The molecule has 0 saturated carbocycles. The van der Waals surface area contributed by atoms with Crippen molar-refractivity contribution in [3.63, 3.8) is 0 Å². The normalized spacial score (nSPS) is 10.3. The minimum atomic E-state index is -0.929. The predicted octanol–water partition coefficient (Wildman–Crippen LogP) is 1.59. The molecule has 0 aliphatic carbocycles. The van der Waals surface area contributed by atoms with Crippen molar-refractivity contribution < 1.29 is 19.8 Å². The van der Waals surface area contributed by atoms with Crippen LogP contribution in [0.3, 0.4) is 0 Å². The largest absolute Gasteiger partial charge is 0.481 e. The number of nitrogens with two attached hydrogens (primary N) is 2. The monoisotopic (exact) mass is 302 g/mol. The summed E-state index contributed by atoms with van der Waals surface area (Å²) >= 11 is 2.42. The van der Waals surface area contributed by atoms with E-state index in [4.69, 9.17) is 21.7 Å². The van der Waals surface area contributed by atoms with Gasteiger partial charge in [0.25, 0.3) is 0 Å². The van der Waals surface area contributed by atoms with Crippen molar-refractivity contribution in [3.8, 4) is 0 Å². The second-order valence-electron chi connectivity index (χ2n) is 3.60. The van der Waals surface area contributed by atoms with Crippen LogP contribution in [0.4, 0.5) is 11.4 Å². The molecule has 6 N–H and O–H groups in total. The van der Waals surface area contributed by atoms with Gasteiger partial charge in [-0.25, -0.2) is 0 Å². The summed E-state index contributed by atoms with van der Waals surface area (Å²) in [6.07, 6.45) is 0.0338. The molecular weight excluding hydrogens is 288 g/mol. The average molecular weight is 302 g/mol. The molecule has 0 bridgehead atoms. The molecule has 6 nitrogen and oxygen atoms in total. The van der Waals surface area contributed by atoms with Crippen molar-refractivity contribution in [2.45, 2.75) is 16.2 Å². The summed E-state index contributed by atoms with van der Waals surface area (Å²) in [5.74, 6) is -1.50. The van der Waals surface area contributed by atoms with Crippen LogP contribution < -0.4 is 11.5 Å². The summed E-state index contributed by atoms with van der Waals surface area (Å²) < 4.78 is 0. The third kappa shape index (κ3) is 5.31. The maximum Gasteiger partial charge on any atom is 0.313 e. The lowest BCUT2D eigenvalue weighted by Gasteiger charge is -2.10. The Morgan fingerprint density at radius 1 is 1.00 bits per heavy atom. The standard InChI is InChI=1S/C11H14N2O4S2/c12-6-3-7(13)9(19-5-11(16)17)4-8(6)18-2-1-10(14)15/h3-4H,1-2,5,12-13H2,(H,14,15)(H,16,17). The first kappa shape index (κ1) is 15.5. The summed E-state index contributed by atoms with van der Waals surface area (Å²) in [7, 11) is 0. The first-order chi connectivity index (χ1) is 8.90. The molecule has 1 rings (SSSR count). The smallest absolute Gasteiger partial charge is 0.313 e. The van der Waals surface area contributed by atoms with Gasteiger partial charge in [-0.1, -0.05) is 0 Å². The van der Waals surface area contributed by atoms with Gasteiger partial charge in [0, 0.05) is 26.9 Å². The summed E-state index contributed by atoms with van der Waals surface area (Å²) in [6.45, 7) is 0. The third-order valence-electron chi connectivity index (χ3n) is 2.07. The van der Waals surface area contributed by atoms with Crippen LogP contribution in [0, 0.1) is 0 Å². The zero-order valence-electron chi connectivity index (χ0n) is 9.96. The average Bonchev–Trinajstić information content (AvgIpc) is 2.29. The van der Waals surface area contributed by atoms with Gasteiger partial charge in [-0.05, 0) is 12.1 Å². The SMILES string of the molecule is Nc1cc(N)c(SCC(=O)O)cc1SCCC(=O)O. The highest BCUT2D eigenvalue weighted by Gasteiger charge is 2.09. The Balaban J connectivity index is 2.77. The maximum atomic E-state index is 10.5. The van der Waals surface area contributed by atoms with Gasteiger partial charge >= 0.3 is 11.9 Å². The lowest BCUT2D eigenvalue weighted by molar-refractivity contribution is -0.136. The van der Waals surface area contributed by atoms with E-state index in [0.29, 0.717) is 26.9 Å². The number of carboxylic acid groups (broad SMARTS) is 2. The van der Waals surface area contributed by atoms with Crippen LogP contribution in [-0.2, 0) is 9.59 Å². The number of rotatable bonds is 7. The second kappa shape index (κ2) is 7.15. The number of carboxylic acids is 2. The van der Waals surface area contributed by atoms with Gasteiger partial charge in [-0.3, -0.25) is 9.59 Å². The molecule has 0 fully saturated rings. The van der Waals surface area contributed by atoms with Crippen molar-refractivity contribution in [2.75, 3.05) is 23.0 Å². The van der Waals surface area contributed by atoms with Gasteiger partial charge in [0.1, 0.15) is 0 Å². The Labute approximate surface area is 118 Å². The molecule has 0 amide bonds. The molecule has 0 saturated heterocycles. The Kier molecular flexibility index (Phi) is 5.84. The van der Waals surface area contributed by atoms with Crippen LogP contribution in [0.25, 0.3) is 0 Å². The molecule has 19 heavy (non-hydrogen) atoms. The number of carbonyl (C=O) groups is 2. The van der Waals surface area contributed by atoms with Gasteiger partial charge in [0.15, 0.2) is 0 Å². The number of aliphatic carboxylic acids is 2. The molecule has 0 radical (unpaired) electrons. The van der Waals surface area contributed by atoms with Gasteiger partial charge < -0.3 is 21.7 Å². The highest BCUT2D eigenvalue weighted by molar-refractivity contribution is 8.00. The molecule has 1 aromatic rings. The quantitative estimate of drug-likeness (QED) is 0.442. The van der Waals surface area contributed by atoms with Crippen LogP contribution in [-0.4, -0.2) is 33.7 Å². The molecule has 0 aromatic heterocycles. The number of thioether (sulfide) groups is 2. The summed E-state index contributed by atoms with van der Waals surface area (Å²) in [5.41, 5.74) is 12.4. The van der Waals surface area contributed by atoms with Crippen molar-refractivity contribution in [2.24, 2.45) is 0 Å². The summed E-state index contributed by atoms with van der Waals surface area (Å²) in [6, 6.07) is 3.26. The molecule has 0 unspecified atom stereocenters. The van der Waals surface area contributed by atoms with Crippen LogP contribution in [0.5, 0.6) is 0 Å². The van der Waals surface area contributed by atoms with E-state index in [1.54, 1.807) is 12.1 Å². The molecule has 0 heterocycles. The number of anilines is 2. The number of benzene rings is 1. The fourth-order valence-corrected chi connectivity index (χ4v) is 2.94. The van der Waals surface area contributed by atoms with Gasteiger partial charge in [0.05, 0.1) is 12.2 Å². The minimum Gasteiger partial charge on any atom is -0.481 e. The Bertz CT molecular complexity index is 494. The first-order valence-electron chi connectivity index (χ1n) is 5.28. The molecule has 0 spiro atoms. The molecule has 0 aliphatic rings. The lowest BCUT2D eigenvalue weighted by Crippen LogP contribution is -2.01. The molecule has 1 aromatic carbocycles. The van der Waals surface area contributed by atoms with Crippen molar-refractivity contribution in [1.29, 1.82) is 0 Å². The van der Waals surface area contributed by atoms with E-state index in [1.807, 2.05) is 0 Å². The van der Waals surface area contributed by atoms with Gasteiger partial charge in [-0.2, -0.15) is 0 Å². The van der Waals surface area contributed by atoms with E-state index in [-0.39, 0.29) is 12.2 Å². The predicted molar refractivity (Wildman–Crippen MR) is 76.6 cm³/mol. The molecule has 0 aliphatic heterocycles. The zero-order chi connectivity index (χ0) is 14.4. The van der Waals surface area contributed by atoms with Crippen LogP contribution in [0.2, 0.25) is 0 Å². The van der Waals surface area contributed by atoms with E-state index in [1.165, 1.54) is 11.8 Å². The second-order valence-corrected chi connectivity index (χ2v) is 5.76. The van der Waals surface area contributed by atoms with E-state index in [9.17, 15) is 9.59 Å².